The molecule has 0 aliphatic heterocycles. The summed E-state index contributed by atoms with van der Waals surface area (Å²) in [5.41, 5.74) is 5.49. The second kappa shape index (κ2) is 12.0. The summed E-state index contributed by atoms with van der Waals surface area (Å²) in [7, 11) is 0. The molecule has 218 valence electrons. The third-order valence-electron chi connectivity index (χ3n) is 9.24. The van der Waals surface area contributed by atoms with Crippen molar-refractivity contribution in [3.8, 4) is 11.1 Å². The zero-order valence-electron chi connectivity index (χ0n) is 23.6. The van der Waals surface area contributed by atoms with Crippen LogP contribution in [0.1, 0.15) is 48.8 Å². The largest absolute Gasteiger partial charge is 0.480 e. The zero-order valence-corrected chi connectivity index (χ0v) is 23.6. The van der Waals surface area contributed by atoms with Crippen LogP contribution in [0, 0.1) is 17.8 Å². The molecule has 6 unspecified atom stereocenters. The van der Waals surface area contributed by atoms with Crippen molar-refractivity contribution in [2.24, 2.45) is 17.8 Å². The average Bonchev–Trinajstić information content (AvgIpc) is 3.70. The predicted molar refractivity (Wildman–Crippen MR) is 157 cm³/mol. The average molecular weight is 569 g/mol. The fraction of sp³-hybridized carbons (Fsp3) is 0.382. The zero-order chi connectivity index (χ0) is 29.2. The number of carbonyl (C=O) groups excluding carboxylic acids is 2. The molecule has 2 saturated carbocycles. The smallest absolute Gasteiger partial charge is 0.407 e. The summed E-state index contributed by atoms with van der Waals surface area (Å²) in [4.78, 5) is 38.8. The van der Waals surface area contributed by atoms with Crippen molar-refractivity contribution in [1.82, 2.24) is 10.6 Å². The minimum absolute atomic E-state index is 0.0593. The number of rotatable bonds is 10. The maximum atomic E-state index is 13.5. The molecule has 3 aliphatic rings. The number of fused-ring (bicyclic) bond motifs is 5. The van der Waals surface area contributed by atoms with E-state index >= 15 is 0 Å². The van der Waals surface area contributed by atoms with Crippen LogP contribution in [0.3, 0.4) is 0 Å². The molecule has 2 amide bonds. The Morgan fingerprint density at radius 2 is 1.50 bits per heavy atom. The molecule has 3 N–H and O–H groups in total. The summed E-state index contributed by atoms with van der Waals surface area (Å²) in [5.74, 6) is -1.87. The second-order valence-corrected chi connectivity index (χ2v) is 11.7. The van der Waals surface area contributed by atoms with Crippen LogP contribution in [0.15, 0.2) is 78.9 Å². The Hall–Kier alpha value is -4.17. The first-order valence-corrected chi connectivity index (χ1v) is 14.7. The van der Waals surface area contributed by atoms with Gasteiger partial charge in [0.2, 0.25) is 5.91 Å². The number of hydrogen-bond donors (Lipinski definition) is 3. The number of hydrogen-bond acceptors (Lipinski definition) is 5. The highest BCUT2D eigenvalue weighted by molar-refractivity contribution is 5.87. The SMILES string of the molecule is CC(OCc1ccccc1)C(NC(=O)C1C2CCC(C2)C1NC(=O)OCC1c2ccccc2-c2ccccc21)C(=O)O. The Labute approximate surface area is 245 Å². The van der Waals surface area contributed by atoms with E-state index < -0.39 is 36.2 Å². The van der Waals surface area contributed by atoms with Gasteiger partial charge >= 0.3 is 12.1 Å². The highest BCUT2D eigenvalue weighted by atomic mass is 16.5. The topological polar surface area (TPSA) is 114 Å². The Morgan fingerprint density at radius 1 is 0.881 bits per heavy atom. The minimum Gasteiger partial charge on any atom is -0.480 e. The lowest BCUT2D eigenvalue weighted by molar-refractivity contribution is -0.147. The quantitative estimate of drug-likeness (QED) is 0.313. The first-order valence-electron chi connectivity index (χ1n) is 14.7. The van der Waals surface area contributed by atoms with E-state index in [1.165, 1.54) is 0 Å². The fourth-order valence-corrected chi connectivity index (χ4v) is 7.18. The number of alkyl carbamates (subject to hydrolysis) is 1. The van der Waals surface area contributed by atoms with Gasteiger partial charge in [0.25, 0.3) is 0 Å². The van der Waals surface area contributed by atoms with Gasteiger partial charge in [-0.2, -0.15) is 0 Å². The van der Waals surface area contributed by atoms with E-state index in [-0.39, 0.29) is 36.9 Å². The van der Waals surface area contributed by atoms with E-state index in [0.717, 1.165) is 47.1 Å². The molecule has 0 saturated heterocycles. The van der Waals surface area contributed by atoms with Crippen molar-refractivity contribution >= 4 is 18.0 Å². The molecule has 2 bridgehead atoms. The summed E-state index contributed by atoms with van der Waals surface area (Å²) in [5, 5.41) is 15.6. The lowest BCUT2D eigenvalue weighted by Gasteiger charge is -2.32. The van der Waals surface area contributed by atoms with Crippen LogP contribution in [0.4, 0.5) is 4.79 Å². The summed E-state index contributed by atoms with van der Waals surface area (Å²) < 4.78 is 11.6. The number of carboxylic acids is 1. The lowest BCUT2D eigenvalue weighted by atomic mass is 9.83. The van der Waals surface area contributed by atoms with Crippen LogP contribution in [-0.2, 0) is 25.7 Å². The van der Waals surface area contributed by atoms with Crippen LogP contribution in [0.5, 0.6) is 0 Å². The third-order valence-corrected chi connectivity index (χ3v) is 9.24. The van der Waals surface area contributed by atoms with Crippen LogP contribution in [-0.4, -0.2) is 47.9 Å². The van der Waals surface area contributed by atoms with E-state index in [2.05, 4.69) is 34.9 Å². The molecule has 0 aromatic heterocycles. The highest BCUT2D eigenvalue weighted by Gasteiger charge is 2.52. The van der Waals surface area contributed by atoms with Gasteiger partial charge in [-0.15, -0.1) is 0 Å². The van der Waals surface area contributed by atoms with Gasteiger partial charge in [-0.1, -0.05) is 78.9 Å². The lowest BCUT2D eigenvalue weighted by Crippen LogP contribution is -2.55. The van der Waals surface area contributed by atoms with Gasteiger partial charge in [0.15, 0.2) is 6.04 Å². The first kappa shape index (κ1) is 28.0. The van der Waals surface area contributed by atoms with Crippen LogP contribution >= 0.6 is 0 Å². The number of aliphatic carboxylic acids is 1. The third kappa shape index (κ3) is 5.51. The van der Waals surface area contributed by atoms with Gasteiger partial charge in [0, 0.05) is 12.0 Å². The summed E-state index contributed by atoms with van der Waals surface area (Å²) in [6.07, 6.45) is 1.32. The molecule has 2 fully saturated rings. The van der Waals surface area contributed by atoms with Gasteiger partial charge < -0.3 is 25.2 Å². The van der Waals surface area contributed by atoms with Gasteiger partial charge in [0.1, 0.15) is 6.61 Å². The van der Waals surface area contributed by atoms with Crippen LogP contribution < -0.4 is 10.6 Å². The van der Waals surface area contributed by atoms with Gasteiger partial charge in [-0.25, -0.2) is 9.59 Å². The Morgan fingerprint density at radius 3 is 2.17 bits per heavy atom. The molecule has 3 aliphatic carbocycles. The highest BCUT2D eigenvalue weighted by Crippen LogP contribution is 2.49. The van der Waals surface area contributed by atoms with Crippen molar-refractivity contribution in [2.75, 3.05) is 6.61 Å². The van der Waals surface area contributed by atoms with Crippen molar-refractivity contribution < 1.29 is 29.0 Å². The number of nitrogens with one attached hydrogen (secondary N) is 2. The monoisotopic (exact) mass is 568 g/mol. The van der Waals surface area contributed by atoms with Gasteiger partial charge in [-0.05, 0) is 65.8 Å². The summed E-state index contributed by atoms with van der Waals surface area (Å²) in [6.45, 7) is 2.08. The Bertz CT molecular complexity index is 1410. The van der Waals surface area contributed by atoms with Crippen molar-refractivity contribution in [3.63, 3.8) is 0 Å². The van der Waals surface area contributed by atoms with Crippen LogP contribution in [0.25, 0.3) is 11.1 Å². The van der Waals surface area contributed by atoms with E-state index in [9.17, 15) is 19.5 Å². The van der Waals surface area contributed by atoms with E-state index in [1.54, 1.807) is 6.92 Å². The molecule has 42 heavy (non-hydrogen) atoms. The molecular formula is C34H36N2O6. The van der Waals surface area contributed by atoms with Gasteiger partial charge in [-0.3, -0.25) is 4.79 Å². The molecule has 3 aromatic carbocycles. The normalized spacial score (nSPS) is 23.5. The molecule has 0 radical (unpaired) electrons. The molecule has 0 spiro atoms. The maximum Gasteiger partial charge on any atom is 0.407 e. The molecular weight excluding hydrogens is 532 g/mol. The van der Waals surface area contributed by atoms with E-state index in [1.807, 2.05) is 54.6 Å². The second-order valence-electron chi connectivity index (χ2n) is 11.7. The standard InChI is InChI=1S/C34H36N2O6/c1-20(41-18-21-9-3-2-4-10-21)30(33(38)39)35-32(37)29-22-15-16-23(17-22)31(29)36-34(40)42-19-28-26-13-7-5-11-24(26)25-12-6-8-14-27(25)28/h2-14,20,22-23,28-31H,15-19H2,1H3,(H,35,37)(H,36,40)(H,38,39). The van der Waals surface area contributed by atoms with Crippen molar-refractivity contribution in [1.29, 1.82) is 0 Å². The maximum absolute atomic E-state index is 13.5. The molecule has 6 rings (SSSR count). The molecule has 0 heterocycles. The molecule has 3 aromatic rings. The number of amides is 2. The van der Waals surface area contributed by atoms with E-state index in [0.29, 0.717) is 0 Å². The number of carboxylic acid groups (broad SMARTS) is 1. The molecule has 8 heteroatoms. The summed E-state index contributed by atoms with van der Waals surface area (Å²) in [6, 6.07) is 24.2. The number of ether oxygens (including phenoxy) is 2. The number of carbonyl (C=O) groups is 3. The predicted octanol–water partition coefficient (Wildman–Crippen LogP) is 5.11. The minimum atomic E-state index is -1.21. The molecule has 6 atom stereocenters. The molecule has 8 nitrogen and oxygen atoms in total. The Kier molecular flexibility index (Phi) is 7.98. The van der Waals surface area contributed by atoms with Crippen molar-refractivity contribution in [3.05, 3.63) is 95.6 Å². The van der Waals surface area contributed by atoms with E-state index in [4.69, 9.17) is 9.47 Å². The van der Waals surface area contributed by atoms with Crippen molar-refractivity contribution in [2.45, 2.75) is 56.9 Å². The van der Waals surface area contributed by atoms with Gasteiger partial charge in [0.05, 0.1) is 18.6 Å². The number of benzene rings is 3. The van der Waals surface area contributed by atoms with Crippen LogP contribution in [0.2, 0.25) is 0 Å². The first-order chi connectivity index (χ1) is 20.4. The summed E-state index contributed by atoms with van der Waals surface area (Å²) >= 11 is 0. The fourth-order valence-electron chi connectivity index (χ4n) is 7.18. The Balaban J connectivity index is 1.09.